The number of rotatable bonds is 6. The van der Waals surface area contributed by atoms with Crippen LogP contribution in [0, 0.1) is 6.92 Å². The quantitative estimate of drug-likeness (QED) is 0.863. The topological polar surface area (TPSA) is 21.3 Å². The second kappa shape index (κ2) is 7.22. The number of benzene rings is 2. The lowest BCUT2D eigenvalue weighted by Crippen LogP contribution is -2.34. The fourth-order valence-corrected chi connectivity index (χ4v) is 2.50. The zero-order chi connectivity index (χ0) is 14.4. The van der Waals surface area contributed by atoms with Crippen molar-refractivity contribution in [2.45, 2.75) is 25.9 Å². The fraction of sp³-hybridized carbons (Fsp3) is 0.333. The molecule has 0 saturated heterocycles. The van der Waals surface area contributed by atoms with E-state index in [0.717, 1.165) is 0 Å². The lowest BCUT2D eigenvalue weighted by atomic mass is 9.94. The first-order chi connectivity index (χ1) is 9.72. The number of hydrogen-bond acceptors (Lipinski definition) is 2. The first kappa shape index (κ1) is 14.8. The van der Waals surface area contributed by atoms with Crippen molar-refractivity contribution in [1.82, 2.24) is 5.32 Å². The molecular weight excluding hydrogens is 246 g/mol. The van der Waals surface area contributed by atoms with Gasteiger partial charge in [0.2, 0.25) is 0 Å². The number of nitrogens with one attached hydrogen (secondary N) is 1. The van der Waals surface area contributed by atoms with Gasteiger partial charge in [-0.1, -0.05) is 54.6 Å². The van der Waals surface area contributed by atoms with Gasteiger partial charge in [0.1, 0.15) is 0 Å². The average molecular weight is 269 g/mol. The van der Waals surface area contributed by atoms with Crippen LogP contribution in [0.15, 0.2) is 54.6 Å². The minimum absolute atomic E-state index is 0.197. The molecule has 0 heterocycles. The van der Waals surface area contributed by atoms with Crippen LogP contribution in [0.4, 0.5) is 0 Å². The second-order valence-electron chi connectivity index (χ2n) is 5.22. The van der Waals surface area contributed by atoms with Gasteiger partial charge in [-0.3, -0.25) is 0 Å². The van der Waals surface area contributed by atoms with E-state index in [2.05, 4.69) is 73.8 Å². The number of aryl methyl sites for hydroxylation is 1. The molecule has 2 aromatic carbocycles. The largest absolute Gasteiger partial charge is 0.383 e. The Morgan fingerprint density at radius 2 is 1.65 bits per heavy atom. The van der Waals surface area contributed by atoms with E-state index in [4.69, 9.17) is 4.74 Å². The van der Waals surface area contributed by atoms with Crippen molar-refractivity contribution in [1.29, 1.82) is 0 Å². The highest BCUT2D eigenvalue weighted by atomic mass is 16.5. The first-order valence-corrected chi connectivity index (χ1v) is 7.08. The monoisotopic (exact) mass is 269 g/mol. The number of ether oxygens (including phenoxy) is 1. The first-order valence-electron chi connectivity index (χ1n) is 7.08. The highest BCUT2D eigenvalue weighted by molar-refractivity contribution is 5.36. The predicted octanol–water partition coefficient (Wildman–Crippen LogP) is 3.71. The minimum atomic E-state index is 0.197. The van der Waals surface area contributed by atoms with E-state index in [9.17, 15) is 0 Å². The van der Waals surface area contributed by atoms with Crippen LogP contribution < -0.4 is 5.32 Å². The maximum Gasteiger partial charge on any atom is 0.0613 e. The third-order valence-corrected chi connectivity index (χ3v) is 3.50. The summed E-state index contributed by atoms with van der Waals surface area (Å²) in [6, 6.07) is 19.6. The van der Waals surface area contributed by atoms with Crippen molar-refractivity contribution >= 4 is 0 Å². The zero-order valence-electron chi connectivity index (χ0n) is 12.5. The van der Waals surface area contributed by atoms with Gasteiger partial charge in [-0.15, -0.1) is 0 Å². The summed E-state index contributed by atoms with van der Waals surface area (Å²) in [7, 11) is 1.74. The summed E-state index contributed by atoms with van der Waals surface area (Å²) in [4.78, 5) is 0. The Morgan fingerprint density at radius 1 is 1.00 bits per heavy atom. The molecule has 0 aromatic heterocycles. The van der Waals surface area contributed by atoms with Crippen molar-refractivity contribution < 1.29 is 4.74 Å². The van der Waals surface area contributed by atoms with Gasteiger partial charge >= 0.3 is 0 Å². The standard InChI is InChI=1S/C18H23NO/c1-14-9-7-8-12-17(14)18(19-15(2)13-20-3)16-10-5-4-6-11-16/h4-12,15,18-19H,13H2,1-3H3. The van der Waals surface area contributed by atoms with Crippen molar-refractivity contribution in [3.63, 3.8) is 0 Å². The molecule has 0 aliphatic heterocycles. The summed E-state index contributed by atoms with van der Waals surface area (Å²) in [6.07, 6.45) is 0. The van der Waals surface area contributed by atoms with E-state index in [1.165, 1.54) is 16.7 Å². The summed E-state index contributed by atoms with van der Waals surface area (Å²) in [5.74, 6) is 0. The number of methoxy groups -OCH3 is 1. The summed E-state index contributed by atoms with van der Waals surface area (Å²) in [6.45, 7) is 5.01. The highest BCUT2D eigenvalue weighted by Crippen LogP contribution is 2.25. The van der Waals surface area contributed by atoms with Crippen LogP contribution in [-0.4, -0.2) is 19.8 Å². The Hall–Kier alpha value is -1.64. The Morgan fingerprint density at radius 3 is 2.30 bits per heavy atom. The van der Waals surface area contributed by atoms with E-state index in [-0.39, 0.29) is 6.04 Å². The van der Waals surface area contributed by atoms with Crippen LogP contribution in [0.2, 0.25) is 0 Å². The van der Waals surface area contributed by atoms with E-state index in [0.29, 0.717) is 12.6 Å². The molecule has 106 valence electrons. The van der Waals surface area contributed by atoms with Crippen LogP contribution in [0.1, 0.15) is 29.7 Å². The van der Waals surface area contributed by atoms with Crippen LogP contribution in [-0.2, 0) is 4.74 Å². The maximum atomic E-state index is 5.24. The van der Waals surface area contributed by atoms with Gasteiger partial charge in [0, 0.05) is 13.2 Å². The van der Waals surface area contributed by atoms with Crippen molar-refractivity contribution in [2.24, 2.45) is 0 Å². The Bertz CT molecular complexity index is 524. The van der Waals surface area contributed by atoms with Crippen molar-refractivity contribution in [2.75, 3.05) is 13.7 Å². The lowest BCUT2D eigenvalue weighted by Gasteiger charge is -2.25. The van der Waals surface area contributed by atoms with Gasteiger partial charge in [0.25, 0.3) is 0 Å². The molecule has 0 aliphatic carbocycles. The second-order valence-corrected chi connectivity index (χ2v) is 5.22. The van der Waals surface area contributed by atoms with E-state index < -0.39 is 0 Å². The summed E-state index contributed by atoms with van der Waals surface area (Å²) >= 11 is 0. The van der Waals surface area contributed by atoms with E-state index in [1.807, 2.05) is 0 Å². The number of hydrogen-bond donors (Lipinski definition) is 1. The minimum Gasteiger partial charge on any atom is -0.383 e. The molecule has 1 N–H and O–H groups in total. The summed E-state index contributed by atoms with van der Waals surface area (Å²) < 4.78 is 5.24. The molecule has 2 aromatic rings. The Kier molecular flexibility index (Phi) is 5.33. The molecule has 0 bridgehead atoms. The van der Waals surface area contributed by atoms with Crippen molar-refractivity contribution in [3.05, 3.63) is 71.3 Å². The lowest BCUT2D eigenvalue weighted by molar-refractivity contribution is 0.169. The molecule has 0 spiro atoms. The fourth-order valence-electron chi connectivity index (χ4n) is 2.50. The molecular formula is C18H23NO. The Labute approximate surface area is 121 Å². The SMILES string of the molecule is COCC(C)NC(c1ccccc1)c1ccccc1C. The molecule has 2 unspecified atom stereocenters. The molecule has 0 fully saturated rings. The molecule has 2 rings (SSSR count). The van der Waals surface area contributed by atoms with E-state index in [1.54, 1.807) is 7.11 Å². The van der Waals surface area contributed by atoms with Crippen LogP contribution in [0.25, 0.3) is 0 Å². The highest BCUT2D eigenvalue weighted by Gasteiger charge is 2.17. The van der Waals surface area contributed by atoms with Gasteiger partial charge in [-0.05, 0) is 30.5 Å². The van der Waals surface area contributed by atoms with Gasteiger partial charge in [0.15, 0.2) is 0 Å². The molecule has 0 aliphatic rings. The van der Waals surface area contributed by atoms with Crippen LogP contribution in [0.5, 0.6) is 0 Å². The average Bonchev–Trinajstić information content (AvgIpc) is 2.47. The van der Waals surface area contributed by atoms with Gasteiger partial charge < -0.3 is 10.1 Å². The molecule has 0 radical (unpaired) electrons. The normalized spacial score (nSPS) is 13.9. The van der Waals surface area contributed by atoms with Gasteiger partial charge in [0.05, 0.1) is 12.6 Å². The van der Waals surface area contributed by atoms with Crippen LogP contribution in [0.3, 0.4) is 0 Å². The third-order valence-electron chi connectivity index (χ3n) is 3.50. The Balaban J connectivity index is 2.32. The maximum absolute atomic E-state index is 5.24. The smallest absolute Gasteiger partial charge is 0.0613 e. The van der Waals surface area contributed by atoms with Crippen LogP contribution >= 0.6 is 0 Å². The molecule has 20 heavy (non-hydrogen) atoms. The summed E-state index contributed by atoms with van der Waals surface area (Å²) in [5.41, 5.74) is 3.91. The van der Waals surface area contributed by atoms with Gasteiger partial charge in [-0.2, -0.15) is 0 Å². The third kappa shape index (κ3) is 3.69. The summed E-state index contributed by atoms with van der Waals surface area (Å²) in [5, 5.41) is 3.67. The predicted molar refractivity (Wildman–Crippen MR) is 83.9 cm³/mol. The molecule has 0 saturated carbocycles. The molecule has 2 atom stereocenters. The molecule has 0 amide bonds. The zero-order valence-corrected chi connectivity index (χ0v) is 12.5. The van der Waals surface area contributed by atoms with E-state index >= 15 is 0 Å². The van der Waals surface area contributed by atoms with Crippen molar-refractivity contribution in [3.8, 4) is 0 Å². The van der Waals surface area contributed by atoms with Gasteiger partial charge in [-0.25, -0.2) is 0 Å². The molecule has 2 nitrogen and oxygen atoms in total. The molecule has 2 heteroatoms.